The van der Waals surface area contributed by atoms with E-state index in [0.29, 0.717) is 30.9 Å². The number of rotatable bonds is 9. The lowest BCUT2D eigenvalue weighted by Crippen LogP contribution is -2.33. The molecule has 2 aromatic rings. The quantitative estimate of drug-likeness (QED) is 0.368. The third kappa shape index (κ3) is 5.10. The maximum Gasteiger partial charge on any atom is 0.273 e. The second kappa shape index (κ2) is 8.89. The molecule has 0 aliphatic heterocycles. The molecule has 1 aromatic heterocycles. The summed E-state index contributed by atoms with van der Waals surface area (Å²) >= 11 is 0. The van der Waals surface area contributed by atoms with Gasteiger partial charge in [0.15, 0.2) is 5.69 Å². The van der Waals surface area contributed by atoms with Crippen molar-refractivity contribution in [2.75, 3.05) is 25.9 Å². The molecule has 0 saturated heterocycles. The topological polar surface area (TPSA) is 140 Å². The highest BCUT2D eigenvalue weighted by Crippen LogP contribution is 2.18. The van der Waals surface area contributed by atoms with Crippen LogP contribution in [0.25, 0.3) is 5.69 Å². The second-order valence-corrected chi connectivity index (χ2v) is 8.06. The van der Waals surface area contributed by atoms with Gasteiger partial charge in [0.1, 0.15) is 0 Å². The number of carbonyl (C=O) groups excluding carboxylic acids is 1. The van der Waals surface area contributed by atoms with Crippen molar-refractivity contribution in [2.45, 2.75) is 20.3 Å². The molecule has 0 saturated carbocycles. The summed E-state index contributed by atoms with van der Waals surface area (Å²) in [5.41, 5.74) is 0.862. The van der Waals surface area contributed by atoms with Gasteiger partial charge in [-0.1, -0.05) is 18.2 Å². The van der Waals surface area contributed by atoms with E-state index in [1.54, 1.807) is 19.9 Å². The summed E-state index contributed by atoms with van der Waals surface area (Å²) in [6.07, 6.45) is 1.59. The highest BCUT2D eigenvalue weighted by molar-refractivity contribution is 7.88. The highest BCUT2D eigenvalue weighted by Gasteiger charge is 2.19. The summed E-state index contributed by atoms with van der Waals surface area (Å²) in [5, 5.41) is 21.4. The minimum atomic E-state index is -3.26. The Kier molecular flexibility index (Phi) is 6.80. The number of sulfonamides is 1. The molecule has 0 radical (unpaired) electrons. The van der Waals surface area contributed by atoms with E-state index in [1.807, 2.05) is 0 Å². The van der Waals surface area contributed by atoms with Crippen LogP contribution >= 0.6 is 0 Å². The van der Waals surface area contributed by atoms with E-state index in [0.717, 1.165) is 6.26 Å². The molecule has 1 heterocycles. The summed E-state index contributed by atoms with van der Waals surface area (Å²) in [6, 6.07) is 5.85. The first-order valence-electron chi connectivity index (χ1n) is 8.55. The van der Waals surface area contributed by atoms with Crippen LogP contribution in [0.1, 0.15) is 29.5 Å². The number of amides is 1. The number of nitrogens with one attached hydrogen (secondary N) is 1. The molecule has 152 valence electrons. The fourth-order valence-electron chi connectivity index (χ4n) is 2.62. The first kappa shape index (κ1) is 21.4. The third-order valence-electron chi connectivity index (χ3n) is 4.09. The molecule has 1 amide bonds. The molecule has 11 nitrogen and oxygen atoms in total. The molecule has 1 N–H and O–H groups in total. The van der Waals surface area contributed by atoms with Gasteiger partial charge in [0.25, 0.3) is 11.6 Å². The maximum atomic E-state index is 12.3. The number of hydrogen-bond acceptors (Lipinski definition) is 7. The molecule has 0 aliphatic carbocycles. The van der Waals surface area contributed by atoms with Crippen LogP contribution in [-0.4, -0.2) is 64.4 Å². The Labute approximate surface area is 162 Å². The van der Waals surface area contributed by atoms with E-state index >= 15 is 0 Å². The summed E-state index contributed by atoms with van der Waals surface area (Å²) in [7, 11) is -3.26. The van der Waals surface area contributed by atoms with Crippen molar-refractivity contribution in [1.29, 1.82) is 0 Å². The molecule has 0 spiro atoms. The molecule has 0 fully saturated rings. The van der Waals surface area contributed by atoms with Crippen LogP contribution in [0, 0.1) is 17.0 Å². The van der Waals surface area contributed by atoms with E-state index in [1.165, 1.54) is 27.2 Å². The molecular weight excluding hydrogens is 388 g/mol. The van der Waals surface area contributed by atoms with Crippen molar-refractivity contribution in [1.82, 2.24) is 24.6 Å². The van der Waals surface area contributed by atoms with Crippen molar-refractivity contribution in [3.05, 3.63) is 45.8 Å². The summed E-state index contributed by atoms with van der Waals surface area (Å²) in [5.74, 6) is -0.448. The van der Waals surface area contributed by atoms with Crippen molar-refractivity contribution in [2.24, 2.45) is 0 Å². The Morgan fingerprint density at radius 3 is 2.71 bits per heavy atom. The summed E-state index contributed by atoms with van der Waals surface area (Å²) < 4.78 is 25.7. The van der Waals surface area contributed by atoms with Crippen LogP contribution in [0.3, 0.4) is 0 Å². The molecule has 0 atom stereocenters. The summed E-state index contributed by atoms with van der Waals surface area (Å²) in [4.78, 5) is 22.7. The van der Waals surface area contributed by atoms with E-state index < -0.39 is 20.9 Å². The zero-order chi connectivity index (χ0) is 20.9. The minimum Gasteiger partial charge on any atom is -0.351 e. The Bertz CT molecular complexity index is 972. The Hall–Kier alpha value is -2.86. The first-order valence-corrected chi connectivity index (χ1v) is 10.4. The predicted octanol–water partition coefficient (Wildman–Crippen LogP) is 0.885. The van der Waals surface area contributed by atoms with E-state index in [4.69, 9.17) is 0 Å². The van der Waals surface area contributed by atoms with Crippen LogP contribution in [0.2, 0.25) is 0 Å². The van der Waals surface area contributed by atoms with Crippen molar-refractivity contribution in [3.63, 3.8) is 0 Å². The van der Waals surface area contributed by atoms with Gasteiger partial charge in [0.05, 0.1) is 22.6 Å². The molecule has 0 unspecified atom stereocenters. The van der Waals surface area contributed by atoms with Gasteiger partial charge in [-0.25, -0.2) is 17.4 Å². The van der Waals surface area contributed by atoms with Gasteiger partial charge in [-0.2, -0.15) is 0 Å². The fourth-order valence-corrected chi connectivity index (χ4v) is 3.55. The SMILES string of the molecule is CCN(CCCNC(=O)c1nnn(-c2cccc([N+](=O)[O-])c2)c1C)S(C)(=O)=O. The van der Waals surface area contributed by atoms with E-state index in [9.17, 15) is 23.3 Å². The smallest absolute Gasteiger partial charge is 0.273 e. The number of hydrogen-bond donors (Lipinski definition) is 1. The molecule has 28 heavy (non-hydrogen) atoms. The third-order valence-corrected chi connectivity index (χ3v) is 5.47. The van der Waals surface area contributed by atoms with Crippen LogP contribution in [0.4, 0.5) is 5.69 Å². The lowest BCUT2D eigenvalue weighted by Gasteiger charge is -2.17. The molecule has 12 heteroatoms. The Morgan fingerprint density at radius 2 is 2.11 bits per heavy atom. The number of benzene rings is 1. The van der Waals surface area contributed by atoms with Crippen LogP contribution in [0.15, 0.2) is 24.3 Å². The van der Waals surface area contributed by atoms with Gasteiger partial charge in [0.2, 0.25) is 10.0 Å². The van der Waals surface area contributed by atoms with Crippen molar-refractivity contribution < 1.29 is 18.1 Å². The Morgan fingerprint density at radius 1 is 1.39 bits per heavy atom. The summed E-state index contributed by atoms with van der Waals surface area (Å²) in [6.45, 7) is 4.32. The molecule has 0 aliphatic rings. The standard InChI is InChI=1S/C16H22N6O5S/c1-4-20(28(3,26)27)10-6-9-17-16(23)15-12(2)21(19-18-15)13-7-5-8-14(11-13)22(24)25/h5,7-8,11H,4,6,9-10H2,1-3H3,(H,17,23). The van der Waals surface area contributed by atoms with Gasteiger partial charge < -0.3 is 5.32 Å². The number of aromatic nitrogens is 3. The highest BCUT2D eigenvalue weighted by atomic mass is 32.2. The van der Waals surface area contributed by atoms with E-state index in [-0.39, 0.29) is 17.9 Å². The molecule has 2 rings (SSSR count). The normalized spacial score (nSPS) is 11.6. The van der Waals surface area contributed by atoms with Gasteiger partial charge in [-0.15, -0.1) is 5.10 Å². The lowest BCUT2D eigenvalue weighted by molar-refractivity contribution is -0.384. The van der Waals surface area contributed by atoms with Gasteiger partial charge >= 0.3 is 0 Å². The number of non-ortho nitro benzene ring substituents is 1. The fraction of sp³-hybridized carbons (Fsp3) is 0.438. The van der Waals surface area contributed by atoms with Crippen LogP contribution in [-0.2, 0) is 10.0 Å². The van der Waals surface area contributed by atoms with Crippen molar-refractivity contribution >= 4 is 21.6 Å². The number of nitrogens with zero attached hydrogens (tertiary/aromatic N) is 5. The average Bonchev–Trinajstić information content (AvgIpc) is 3.02. The molecule has 0 bridgehead atoms. The zero-order valence-corrected chi connectivity index (χ0v) is 16.6. The number of nitro groups is 1. The van der Waals surface area contributed by atoms with Gasteiger partial charge in [-0.3, -0.25) is 14.9 Å². The first-order chi connectivity index (χ1) is 13.1. The molecular formula is C16H22N6O5S. The van der Waals surface area contributed by atoms with E-state index in [2.05, 4.69) is 15.6 Å². The minimum absolute atomic E-state index is 0.0928. The zero-order valence-electron chi connectivity index (χ0n) is 15.8. The number of nitro benzene ring substituents is 1. The van der Waals surface area contributed by atoms with Crippen LogP contribution in [0.5, 0.6) is 0 Å². The predicted molar refractivity (Wildman–Crippen MR) is 102 cm³/mol. The monoisotopic (exact) mass is 410 g/mol. The Balaban J connectivity index is 2.02. The van der Waals surface area contributed by atoms with Crippen LogP contribution < -0.4 is 5.32 Å². The number of carbonyl (C=O) groups is 1. The van der Waals surface area contributed by atoms with Gasteiger partial charge in [-0.05, 0) is 19.4 Å². The average molecular weight is 410 g/mol. The maximum absolute atomic E-state index is 12.3. The van der Waals surface area contributed by atoms with Crippen molar-refractivity contribution in [3.8, 4) is 5.69 Å². The largest absolute Gasteiger partial charge is 0.351 e. The van der Waals surface area contributed by atoms with Gasteiger partial charge in [0, 0.05) is 31.8 Å². The lowest BCUT2D eigenvalue weighted by atomic mass is 10.2. The molecule has 1 aromatic carbocycles. The second-order valence-electron chi connectivity index (χ2n) is 6.08.